The standard InChI is InChI=1S/C12H13BrN2O2S/c13-11-1-3-12(4-2-11)18(16,17)15-7-5-10(9-14)6-8-15/h1-4,10H,5-8H2. The first-order valence-corrected chi connectivity index (χ1v) is 7.92. The number of hydrogen-bond donors (Lipinski definition) is 0. The Balaban J connectivity index is 2.18. The second-order valence-corrected chi connectivity index (χ2v) is 7.11. The first-order valence-electron chi connectivity index (χ1n) is 5.69. The van der Waals surface area contributed by atoms with Gasteiger partial charge >= 0.3 is 0 Å². The number of rotatable bonds is 2. The van der Waals surface area contributed by atoms with Crippen LogP contribution in [0.1, 0.15) is 12.8 Å². The van der Waals surface area contributed by atoms with Gasteiger partial charge in [-0.3, -0.25) is 0 Å². The van der Waals surface area contributed by atoms with Crippen molar-refractivity contribution < 1.29 is 8.42 Å². The molecular weight excluding hydrogens is 316 g/mol. The molecule has 0 unspecified atom stereocenters. The van der Waals surface area contributed by atoms with Gasteiger partial charge in [0.2, 0.25) is 10.0 Å². The second kappa shape index (κ2) is 5.39. The molecule has 0 atom stereocenters. The van der Waals surface area contributed by atoms with Crippen LogP contribution in [-0.4, -0.2) is 25.8 Å². The van der Waals surface area contributed by atoms with Crippen molar-refractivity contribution in [2.45, 2.75) is 17.7 Å². The first-order chi connectivity index (χ1) is 8.54. The van der Waals surface area contributed by atoms with Gasteiger partial charge in [0, 0.05) is 23.5 Å². The summed E-state index contributed by atoms with van der Waals surface area (Å²) in [7, 11) is -3.41. The minimum absolute atomic E-state index is 0.0126. The van der Waals surface area contributed by atoms with Crippen LogP contribution in [0.5, 0.6) is 0 Å². The molecule has 0 radical (unpaired) electrons. The molecule has 1 heterocycles. The van der Waals surface area contributed by atoms with Crippen molar-refractivity contribution in [1.29, 1.82) is 5.26 Å². The third kappa shape index (κ3) is 2.74. The molecule has 18 heavy (non-hydrogen) atoms. The van der Waals surface area contributed by atoms with Crippen molar-refractivity contribution in [1.82, 2.24) is 4.31 Å². The largest absolute Gasteiger partial charge is 0.243 e. The number of piperidine rings is 1. The molecular formula is C12H13BrN2O2S. The van der Waals surface area contributed by atoms with Crippen molar-refractivity contribution in [3.05, 3.63) is 28.7 Å². The van der Waals surface area contributed by atoms with Gasteiger partial charge in [0.05, 0.1) is 11.0 Å². The molecule has 2 rings (SSSR count). The summed E-state index contributed by atoms with van der Waals surface area (Å²) in [5.41, 5.74) is 0. The fraction of sp³-hybridized carbons (Fsp3) is 0.417. The third-order valence-corrected chi connectivity index (χ3v) is 5.53. The van der Waals surface area contributed by atoms with Gasteiger partial charge in [-0.1, -0.05) is 15.9 Å². The van der Waals surface area contributed by atoms with Crippen LogP contribution >= 0.6 is 15.9 Å². The van der Waals surface area contributed by atoms with E-state index in [2.05, 4.69) is 22.0 Å². The molecule has 1 aliphatic heterocycles. The summed E-state index contributed by atoms with van der Waals surface area (Å²) in [6, 6.07) is 8.82. The van der Waals surface area contributed by atoms with Gasteiger partial charge < -0.3 is 0 Å². The summed E-state index contributed by atoms with van der Waals surface area (Å²) in [6.45, 7) is 0.854. The molecule has 6 heteroatoms. The Morgan fingerprint density at radius 1 is 1.22 bits per heavy atom. The zero-order chi connectivity index (χ0) is 13.2. The molecule has 0 saturated carbocycles. The monoisotopic (exact) mass is 328 g/mol. The predicted molar refractivity (Wildman–Crippen MR) is 71.2 cm³/mol. The molecule has 1 aromatic carbocycles. The van der Waals surface area contributed by atoms with E-state index in [1.807, 2.05) is 0 Å². The van der Waals surface area contributed by atoms with E-state index in [-0.39, 0.29) is 5.92 Å². The lowest BCUT2D eigenvalue weighted by Crippen LogP contribution is -2.38. The SMILES string of the molecule is N#CC1CCN(S(=O)(=O)c2ccc(Br)cc2)CC1. The van der Waals surface area contributed by atoms with Crippen LogP contribution in [0.4, 0.5) is 0 Å². The van der Waals surface area contributed by atoms with Gasteiger partial charge in [-0.2, -0.15) is 9.57 Å². The van der Waals surface area contributed by atoms with Crippen LogP contribution in [0.3, 0.4) is 0 Å². The Kier molecular flexibility index (Phi) is 4.05. The number of hydrogen-bond acceptors (Lipinski definition) is 3. The minimum Gasteiger partial charge on any atom is -0.207 e. The maximum atomic E-state index is 12.3. The smallest absolute Gasteiger partial charge is 0.207 e. The lowest BCUT2D eigenvalue weighted by Gasteiger charge is -2.28. The Bertz CT molecular complexity index is 555. The van der Waals surface area contributed by atoms with E-state index >= 15 is 0 Å². The minimum atomic E-state index is -3.41. The number of sulfonamides is 1. The summed E-state index contributed by atoms with van der Waals surface area (Å²) in [6.07, 6.45) is 1.23. The van der Waals surface area contributed by atoms with E-state index < -0.39 is 10.0 Å². The molecule has 1 aliphatic rings. The average Bonchev–Trinajstić information content (AvgIpc) is 2.39. The van der Waals surface area contributed by atoms with Crippen LogP contribution in [0.15, 0.2) is 33.6 Å². The van der Waals surface area contributed by atoms with Crippen molar-refractivity contribution >= 4 is 26.0 Å². The number of nitriles is 1. The molecule has 0 bridgehead atoms. The fourth-order valence-corrected chi connectivity index (χ4v) is 3.71. The van der Waals surface area contributed by atoms with Crippen molar-refractivity contribution in [3.8, 4) is 6.07 Å². The van der Waals surface area contributed by atoms with Crippen molar-refractivity contribution in [2.24, 2.45) is 5.92 Å². The molecule has 1 saturated heterocycles. The predicted octanol–water partition coefficient (Wildman–Crippen LogP) is 2.37. The highest BCUT2D eigenvalue weighted by Gasteiger charge is 2.29. The normalized spacial score (nSPS) is 18.4. The second-order valence-electron chi connectivity index (χ2n) is 4.26. The quantitative estimate of drug-likeness (QED) is 0.837. The van der Waals surface area contributed by atoms with Crippen LogP contribution in [0, 0.1) is 17.2 Å². The van der Waals surface area contributed by atoms with Crippen molar-refractivity contribution in [2.75, 3.05) is 13.1 Å². The van der Waals surface area contributed by atoms with Gasteiger partial charge in [0.15, 0.2) is 0 Å². The van der Waals surface area contributed by atoms with Crippen LogP contribution < -0.4 is 0 Å². The highest BCUT2D eigenvalue weighted by atomic mass is 79.9. The van der Waals surface area contributed by atoms with Crippen LogP contribution in [0.25, 0.3) is 0 Å². The van der Waals surface area contributed by atoms with E-state index in [0.717, 1.165) is 4.47 Å². The van der Waals surface area contributed by atoms with Gasteiger partial charge in [0.25, 0.3) is 0 Å². The number of nitrogens with zero attached hydrogens (tertiary/aromatic N) is 2. The van der Waals surface area contributed by atoms with E-state index in [1.54, 1.807) is 24.3 Å². The highest BCUT2D eigenvalue weighted by Crippen LogP contribution is 2.24. The molecule has 0 amide bonds. The molecule has 0 aromatic heterocycles. The molecule has 96 valence electrons. The van der Waals surface area contributed by atoms with Crippen molar-refractivity contribution in [3.63, 3.8) is 0 Å². The highest BCUT2D eigenvalue weighted by molar-refractivity contribution is 9.10. The molecule has 1 fully saturated rings. The number of halogens is 1. The molecule has 0 N–H and O–H groups in total. The van der Waals surface area contributed by atoms with Gasteiger partial charge in [-0.25, -0.2) is 8.42 Å². The zero-order valence-corrected chi connectivity index (χ0v) is 12.1. The van der Waals surface area contributed by atoms with E-state index in [1.165, 1.54) is 4.31 Å². The Morgan fingerprint density at radius 2 is 1.78 bits per heavy atom. The van der Waals surface area contributed by atoms with Crippen LogP contribution in [-0.2, 0) is 10.0 Å². The van der Waals surface area contributed by atoms with E-state index in [4.69, 9.17) is 5.26 Å². The maximum absolute atomic E-state index is 12.3. The van der Waals surface area contributed by atoms with E-state index in [0.29, 0.717) is 30.8 Å². The lowest BCUT2D eigenvalue weighted by atomic mass is 10.0. The fourth-order valence-electron chi connectivity index (χ4n) is 1.98. The van der Waals surface area contributed by atoms with Crippen LogP contribution in [0.2, 0.25) is 0 Å². The first kappa shape index (κ1) is 13.5. The topological polar surface area (TPSA) is 61.2 Å². The molecule has 4 nitrogen and oxygen atoms in total. The Labute approximate surface area is 115 Å². The van der Waals surface area contributed by atoms with Gasteiger partial charge in [-0.15, -0.1) is 0 Å². The summed E-state index contributed by atoms with van der Waals surface area (Å²) in [5.74, 6) is -0.0126. The zero-order valence-electron chi connectivity index (χ0n) is 9.71. The summed E-state index contributed by atoms with van der Waals surface area (Å²) in [5, 5.41) is 8.80. The third-order valence-electron chi connectivity index (χ3n) is 3.09. The molecule has 1 aromatic rings. The summed E-state index contributed by atoms with van der Waals surface area (Å²) < 4.78 is 27.0. The summed E-state index contributed by atoms with van der Waals surface area (Å²) >= 11 is 3.28. The van der Waals surface area contributed by atoms with Gasteiger partial charge in [-0.05, 0) is 37.1 Å². The average molecular weight is 329 g/mol. The Morgan fingerprint density at radius 3 is 2.28 bits per heavy atom. The molecule has 0 spiro atoms. The maximum Gasteiger partial charge on any atom is 0.243 e. The van der Waals surface area contributed by atoms with Gasteiger partial charge in [0.1, 0.15) is 0 Å². The molecule has 0 aliphatic carbocycles. The summed E-state index contributed by atoms with van der Waals surface area (Å²) in [4.78, 5) is 0.307. The van der Waals surface area contributed by atoms with E-state index in [9.17, 15) is 8.42 Å². The lowest BCUT2D eigenvalue weighted by molar-refractivity contribution is 0.310. The Hall–Kier alpha value is -0.900. The number of benzene rings is 1.